The van der Waals surface area contributed by atoms with Crippen LogP contribution in [0.2, 0.25) is 0 Å². The molecule has 0 spiro atoms. The minimum Gasteiger partial charge on any atom is -0.508 e. The lowest BCUT2D eigenvalue weighted by Crippen LogP contribution is -2.35. The molecule has 1 aliphatic rings. The molecule has 34 heavy (non-hydrogen) atoms. The number of hydrogen-bond donors (Lipinski definition) is 2. The largest absolute Gasteiger partial charge is 0.508 e. The molecule has 2 aromatic carbocycles. The van der Waals surface area contributed by atoms with Crippen molar-refractivity contribution in [1.82, 2.24) is 9.55 Å². The number of carbonyl (C=O) groups is 1. The molecule has 0 saturated heterocycles. The molecule has 0 saturated carbocycles. The minimum atomic E-state index is -0.696. The van der Waals surface area contributed by atoms with E-state index in [0.717, 1.165) is 16.5 Å². The molecule has 2 N–H and O–H groups in total. The highest BCUT2D eigenvalue weighted by Crippen LogP contribution is 2.36. The number of pyridine rings is 2. The Labute approximate surface area is 195 Å². The van der Waals surface area contributed by atoms with E-state index < -0.39 is 11.9 Å². The Balaban J connectivity index is 1.61. The highest BCUT2D eigenvalue weighted by atomic mass is 16.5. The molecule has 2 aromatic heterocycles. The number of fused-ring (bicyclic) bond motifs is 2. The zero-order valence-electron chi connectivity index (χ0n) is 18.9. The average Bonchev–Trinajstić information content (AvgIpc) is 2.79. The van der Waals surface area contributed by atoms with Crippen molar-refractivity contribution in [3.63, 3.8) is 0 Å². The smallest absolute Gasteiger partial charge is 0.312 e. The number of H-pyrrole nitrogens is 1. The maximum atomic E-state index is 13.6. The van der Waals surface area contributed by atoms with Crippen LogP contribution in [0.15, 0.2) is 64.2 Å². The van der Waals surface area contributed by atoms with E-state index in [4.69, 9.17) is 4.74 Å². The summed E-state index contributed by atoms with van der Waals surface area (Å²) in [4.78, 5) is 42.0. The number of benzene rings is 2. The molecular weight excluding hydrogens is 432 g/mol. The standard InChI is InChI=1S/C27H24N2O5/c1-15-3-8-22-18(11-15)13-21(26(32)28-22)20-14-24(31)34-23-12-16(2)29(27(33)25(20)23)10-9-17-4-6-19(30)7-5-17/h3-8,11-13,20,30H,9-10,14H2,1-2H3,(H,28,32)/t20-/m0/s1. The number of aromatic amines is 1. The molecule has 0 amide bonds. The van der Waals surface area contributed by atoms with E-state index in [-0.39, 0.29) is 29.0 Å². The van der Waals surface area contributed by atoms with E-state index in [1.165, 1.54) is 0 Å². The number of phenols is 1. The summed E-state index contributed by atoms with van der Waals surface area (Å²) in [7, 11) is 0. The number of nitrogens with one attached hydrogen (secondary N) is 1. The lowest BCUT2D eigenvalue weighted by atomic mass is 9.87. The minimum absolute atomic E-state index is 0.0797. The van der Waals surface area contributed by atoms with Gasteiger partial charge in [-0.15, -0.1) is 0 Å². The summed E-state index contributed by atoms with van der Waals surface area (Å²) in [5, 5.41) is 10.3. The fraction of sp³-hybridized carbons (Fsp3) is 0.222. The molecule has 0 unspecified atom stereocenters. The van der Waals surface area contributed by atoms with E-state index in [2.05, 4.69) is 4.98 Å². The van der Waals surface area contributed by atoms with E-state index in [0.29, 0.717) is 35.3 Å². The number of phenolic OH excluding ortho intramolecular Hbond substituents is 1. The highest BCUT2D eigenvalue weighted by molar-refractivity contribution is 5.81. The van der Waals surface area contributed by atoms with Crippen LogP contribution in [-0.4, -0.2) is 20.6 Å². The summed E-state index contributed by atoms with van der Waals surface area (Å²) in [5.74, 6) is -0.764. The van der Waals surface area contributed by atoms with Crippen molar-refractivity contribution >= 4 is 16.9 Å². The van der Waals surface area contributed by atoms with Crippen molar-refractivity contribution in [3.05, 3.63) is 103 Å². The normalized spacial score (nSPS) is 15.2. The SMILES string of the molecule is Cc1ccc2[nH]c(=O)c([C@@H]3CC(=O)Oc4cc(C)n(CCc5ccc(O)cc5)c(=O)c43)cc2c1. The lowest BCUT2D eigenvalue weighted by Gasteiger charge is -2.26. The van der Waals surface area contributed by atoms with Crippen LogP contribution in [0.1, 0.15) is 40.3 Å². The number of nitrogens with zero attached hydrogens (tertiary/aromatic N) is 1. The van der Waals surface area contributed by atoms with E-state index in [9.17, 15) is 19.5 Å². The fourth-order valence-corrected chi connectivity index (χ4v) is 4.64. The monoisotopic (exact) mass is 456 g/mol. The number of carbonyl (C=O) groups excluding carboxylic acids is 1. The second kappa shape index (κ2) is 8.33. The third-order valence-electron chi connectivity index (χ3n) is 6.41. The van der Waals surface area contributed by atoms with Crippen LogP contribution < -0.4 is 15.9 Å². The van der Waals surface area contributed by atoms with Crippen LogP contribution in [0.4, 0.5) is 0 Å². The Hall–Kier alpha value is -4.13. The Bertz CT molecular complexity index is 1550. The topological polar surface area (TPSA) is 101 Å². The molecule has 3 heterocycles. The lowest BCUT2D eigenvalue weighted by molar-refractivity contribution is -0.135. The first kappa shape index (κ1) is 21.7. The number of esters is 1. The highest BCUT2D eigenvalue weighted by Gasteiger charge is 2.34. The molecule has 172 valence electrons. The van der Waals surface area contributed by atoms with Gasteiger partial charge in [0.05, 0.1) is 12.0 Å². The molecule has 0 radical (unpaired) electrons. The fourth-order valence-electron chi connectivity index (χ4n) is 4.64. The molecular formula is C27H24N2O5. The predicted molar refractivity (Wildman–Crippen MR) is 129 cm³/mol. The van der Waals surface area contributed by atoms with Crippen molar-refractivity contribution in [2.45, 2.75) is 39.2 Å². The van der Waals surface area contributed by atoms with E-state index in [1.54, 1.807) is 35.8 Å². The average molecular weight is 456 g/mol. The number of hydrogen-bond acceptors (Lipinski definition) is 5. The van der Waals surface area contributed by atoms with Gasteiger partial charge in [0, 0.05) is 35.3 Å². The van der Waals surface area contributed by atoms with Gasteiger partial charge >= 0.3 is 5.97 Å². The van der Waals surface area contributed by atoms with Gasteiger partial charge in [-0.05, 0) is 61.5 Å². The van der Waals surface area contributed by atoms with Crippen LogP contribution in [0, 0.1) is 13.8 Å². The third-order valence-corrected chi connectivity index (χ3v) is 6.41. The summed E-state index contributed by atoms with van der Waals surface area (Å²) < 4.78 is 7.08. The van der Waals surface area contributed by atoms with Crippen molar-refractivity contribution < 1.29 is 14.6 Å². The van der Waals surface area contributed by atoms with Crippen LogP contribution in [0.25, 0.3) is 10.9 Å². The first-order valence-electron chi connectivity index (χ1n) is 11.2. The van der Waals surface area contributed by atoms with Gasteiger partial charge in [0.15, 0.2) is 0 Å². The maximum Gasteiger partial charge on any atom is 0.312 e. The number of aryl methyl sites for hydroxylation is 3. The van der Waals surface area contributed by atoms with Crippen LogP contribution in [-0.2, 0) is 17.8 Å². The van der Waals surface area contributed by atoms with Gasteiger partial charge in [-0.25, -0.2) is 0 Å². The molecule has 0 bridgehead atoms. The quantitative estimate of drug-likeness (QED) is 0.456. The molecule has 7 heteroatoms. The van der Waals surface area contributed by atoms with E-state index in [1.807, 2.05) is 37.3 Å². The summed E-state index contributed by atoms with van der Waals surface area (Å²) in [5.41, 5.74) is 3.50. The van der Waals surface area contributed by atoms with Crippen LogP contribution >= 0.6 is 0 Å². The zero-order valence-corrected chi connectivity index (χ0v) is 18.9. The molecule has 5 rings (SSSR count). The predicted octanol–water partition coefficient (Wildman–Crippen LogP) is 3.70. The van der Waals surface area contributed by atoms with Crippen LogP contribution in [0.3, 0.4) is 0 Å². The molecule has 1 atom stereocenters. The number of ether oxygens (including phenoxy) is 1. The molecule has 0 aliphatic carbocycles. The maximum absolute atomic E-state index is 13.6. The van der Waals surface area contributed by atoms with Crippen molar-refractivity contribution in [2.75, 3.05) is 0 Å². The Kier molecular flexibility index (Phi) is 5.32. The van der Waals surface area contributed by atoms with Crippen LogP contribution in [0.5, 0.6) is 11.5 Å². The number of aromatic hydroxyl groups is 1. The first-order chi connectivity index (χ1) is 16.3. The Morgan fingerprint density at radius 2 is 1.79 bits per heavy atom. The summed E-state index contributed by atoms with van der Waals surface area (Å²) >= 11 is 0. The van der Waals surface area contributed by atoms with Gasteiger partial charge < -0.3 is 19.4 Å². The number of aromatic nitrogens is 2. The molecule has 0 fully saturated rings. The van der Waals surface area contributed by atoms with Crippen molar-refractivity contribution in [3.8, 4) is 11.5 Å². The number of rotatable bonds is 4. The van der Waals surface area contributed by atoms with Crippen molar-refractivity contribution in [2.24, 2.45) is 0 Å². The third kappa shape index (κ3) is 3.90. The molecule has 1 aliphatic heterocycles. The van der Waals surface area contributed by atoms with Gasteiger partial charge in [-0.1, -0.05) is 23.8 Å². The zero-order chi connectivity index (χ0) is 24.0. The summed E-state index contributed by atoms with van der Waals surface area (Å²) in [6, 6.07) is 16.0. The van der Waals surface area contributed by atoms with Gasteiger partial charge in [0.1, 0.15) is 11.5 Å². The van der Waals surface area contributed by atoms with Gasteiger partial charge in [-0.3, -0.25) is 14.4 Å². The second-order valence-electron chi connectivity index (χ2n) is 8.81. The van der Waals surface area contributed by atoms with Crippen molar-refractivity contribution in [1.29, 1.82) is 0 Å². The second-order valence-corrected chi connectivity index (χ2v) is 8.81. The Morgan fingerprint density at radius 3 is 2.56 bits per heavy atom. The van der Waals surface area contributed by atoms with Gasteiger partial charge in [0.25, 0.3) is 11.1 Å². The van der Waals surface area contributed by atoms with Gasteiger partial charge in [0.2, 0.25) is 0 Å². The van der Waals surface area contributed by atoms with Gasteiger partial charge in [-0.2, -0.15) is 0 Å². The first-order valence-corrected chi connectivity index (χ1v) is 11.2. The van der Waals surface area contributed by atoms with E-state index >= 15 is 0 Å². The molecule has 7 nitrogen and oxygen atoms in total. The summed E-state index contributed by atoms with van der Waals surface area (Å²) in [6.45, 7) is 4.17. The molecule has 4 aromatic rings. The summed E-state index contributed by atoms with van der Waals surface area (Å²) in [6.07, 6.45) is 0.504. The Morgan fingerprint density at radius 1 is 1.03 bits per heavy atom.